The summed E-state index contributed by atoms with van der Waals surface area (Å²) in [4.78, 5) is 33.5. The Bertz CT molecular complexity index is 1240. The Hall–Kier alpha value is -2.32. The number of carbonyl (C=O) groups is 2. The number of aromatic nitrogens is 2. The standard InChI is InChI=1S/C21H15Cl2N3O2S2/c1-11(13-3-4-14(22)15(23)8-13)20(28)26-21-25-16-5-2-12(7-19(16)30-21)6-18(27)17-9-29-10-24-17/h2-5,7-11H,6H2,1H3,(H,25,26,28). The quantitative estimate of drug-likeness (QED) is 0.335. The summed E-state index contributed by atoms with van der Waals surface area (Å²) < 4.78 is 0.899. The number of anilines is 1. The monoisotopic (exact) mass is 475 g/mol. The van der Waals surface area contributed by atoms with Crippen molar-refractivity contribution in [2.45, 2.75) is 19.3 Å². The molecule has 0 aliphatic rings. The number of benzene rings is 2. The van der Waals surface area contributed by atoms with Crippen molar-refractivity contribution in [3.63, 3.8) is 0 Å². The van der Waals surface area contributed by atoms with Crippen LogP contribution in [0.5, 0.6) is 0 Å². The number of rotatable bonds is 6. The van der Waals surface area contributed by atoms with Gasteiger partial charge in [-0.1, -0.05) is 46.7 Å². The number of ketones is 1. The molecule has 0 saturated carbocycles. The first-order valence-corrected chi connectivity index (χ1v) is 11.5. The Morgan fingerprint density at radius 3 is 2.70 bits per heavy atom. The number of hydrogen-bond acceptors (Lipinski definition) is 6. The van der Waals surface area contributed by atoms with Gasteiger partial charge in [-0.15, -0.1) is 11.3 Å². The van der Waals surface area contributed by atoms with Crippen LogP contribution in [0.1, 0.15) is 34.5 Å². The molecule has 0 fully saturated rings. The van der Waals surface area contributed by atoms with Crippen molar-refractivity contribution in [1.82, 2.24) is 9.97 Å². The van der Waals surface area contributed by atoms with E-state index in [4.69, 9.17) is 23.2 Å². The summed E-state index contributed by atoms with van der Waals surface area (Å²) >= 11 is 14.8. The number of fused-ring (bicyclic) bond motifs is 1. The highest BCUT2D eigenvalue weighted by Gasteiger charge is 2.18. The third kappa shape index (κ3) is 4.54. The number of halogens is 2. The van der Waals surface area contributed by atoms with Gasteiger partial charge in [0.15, 0.2) is 10.9 Å². The molecule has 0 spiro atoms. The third-order valence-electron chi connectivity index (χ3n) is 4.60. The normalized spacial score (nSPS) is 12.1. The minimum Gasteiger partial charge on any atom is -0.301 e. The van der Waals surface area contributed by atoms with Crippen LogP contribution in [0, 0.1) is 0 Å². The lowest BCUT2D eigenvalue weighted by atomic mass is 10.0. The van der Waals surface area contributed by atoms with Gasteiger partial charge in [-0.25, -0.2) is 9.97 Å². The van der Waals surface area contributed by atoms with Crippen molar-refractivity contribution in [3.05, 3.63) is 74.2 Å². The van der Waals surface area contributed by atoms with Crippen LogP contribution in [0.25, 0.3) is 10.2 Å². The van der Waals surface area contributed by atoms with Gasteiger partial charge in [0, 0.05) is 11.8 Å². The van der Waals surface area contributed by atoms with Crippen LogP contribution in [0.2, 0.25) is 10.0 Å². The fourth-order valence-electron chi connectivity index (χ4n) is 2.91. The molecule has 0 aliphatic carbocycles. The molecule has 4 rings (SSSR count). The van der Waals surface area contributed by atoms with Crippen LogP contribution in [-0.2, 0) is 11.2 Å². The molecule has 0 bridgehead atoms. The third-order valence-corrected chi connectivity index (χ3v) is 6.86. The number of hydrogen-bond donors (Lipinski definition) is 1. The molecule has 1 amide bonds. The Balaban J connectivity index is 1.48. The van der Waals surface area contributed by atoms with Gasteiger partial charge in [-0.05, 0) is 42.3 Å². The van der Waals surface area contributed by atoms with Gasteiger partial charge in [0.2, 0.25) is 5.91 Å². The molecule has 9 heteroatoms. The van der Waals surface area contributed by atoms with Crippen LogP contribution in [-0.4, -0.2) is 21.7 Å². The summed E-state index contributed by atoms with van der Waals surface area (Å²) in [7, 11) is 0. The van der Waals surface area contributed by atoms with Crippen molar-refractivity contribution >= 4 is 72.9 Å². The highest BCUT2D eigenvalue weighted by molar-refractivity contribution is 7.22. The number of carbonyl (C=O) groups excluding carboxylic acids is 2. The predicted octanol–water partition coefficient (Wildman–Crippen LogP) is 6.23. The van der Waals surface area contributed by atoms with Crippen LogP contribution >= 0.6 is 45.9 Å². The number of Topliss-reactive ketones (excluding diaryl/α,β-unsaturated/α-hetero) is 1. The Labute approximate surface area is 190 Å². The molecule has 0 radical (unpaired) electrons. The second-order valence-corrected chi connectivity index (χ2v) is 9.24. The minimum atomic E-state index is -0.418. The molecule has 1 N–H and O–H groups in total. The summed E-state index contributed by atoms with van der Waals surface area (Å²) in [5.74, 6) is -0.631. The second-order valence-electron chi connectivity index (χ2n) is 6.68. The van der Waals surface area contributed by atoms with E-state index in [-0.39, 0.29) is 18.1 Å². The average molecular weight is 476 g/mol. The first-order chi connectivity index (χ1) is 14.4. The molecular formula is C21H15Cl2N3O2S2. The zero-order valence-electron chi connectivity index (χ0n) is 15.7. The largest absolute Gasteiger partial charge is 0.301 e. The molecule has 2 aromatic carbocycles. The number of thiazole rings is 2. The summed E-state index contributed by atoms with van der Waals surface area (Å²) in [6.45, 7) is 1.80. The topological polar surface area (TPSA) is 72.0 Å². The highest BCUT2D eigenvalue weighted by Crippen LogP contribution is 2.30. The van der Waals surface area contributed by atoms with E-state index < -0.39 is 5.92 Å². The lowest BCUT2D eigenvalue weighted by Crippen LogP contribution is -2.18. The van der Waals surface area contributed by atoms with Gasteiger partial charge in [0.25, 0.3) is 0 Å². The number of nitrogens with one attached hydrogen (secondary N) is 1. The summed E-state index contributed by atoms with van der Waals surface area (Å²) in [5, 5.41) is 5.97. The second kappa shape index (κ2) is 8.81. The lowest BCUT2D eigenvalue weighted by Gasteiger charge is -2.11. The van der Waals surface area contributed by atoms with Gasteiger partial charge in [-0.2, -0.15) is 0 Å². The first kappa shape index (κ1) is 20.9. The fraction of sp³-hybridized carbons (Fsp3) is 0.143. The molecular weight excluding hydrogens is 461 g/mol. The number of nitrogens with zero attached hydrogens (tertiary/aromatic N) is 2. The van der Waals surface area contributed by atoms with E-state index in [0.29, 0.717) is 20.9 Å². The Morgan fingerprint density at radius 1 is 1.13 bits per heavy atom. The van der Waals surface area contributed by atoms with Gasteiger partial charge in [0.1, 0.15) is 5.69 Å². The van der Waals surface area contributed by atoms with Gasteiger partial charge < -0.3 is 5.32 Å². The lowest BCUT2D eigenvalue weighted by molar-refractivity contribution is -0.117. The van der Waals surface area contributed by atoms with Crippen LogP contribution in [0.3, 0.4) is 0 Å². The van der Waals surface area contributed by atoms with E-state index in [2.05, 4.69) is 15.3 Å². The fourth-order valence-corrected chi connectivity index (χ4v) is 4.70. The van der Waals surface area contributed by atoms with Crippen molar-refractivity contribution in [3.8, 4) is 0 Å². The number of amides is 1. The van der Waals surface area contributed by atoms with Gasteiger partial charge in [0.05, 0.1) is 31.7 Å². The molecule has 5 nitrogen and oxygen atoms in total. The van der Waals surface area contributed by atoms with Crippen molar-refractivity contribution < 1.29 is 9.59 Å². The van der Waals surface area contributed by atoms with Crippen LogP contribution in [0.4, 0.5) is 5.13 Å². The molecule has 2 aromatic heterocycles. The van der Waals surface area contributed by atoms with Crippen molar-refractivity contribution in [2.75, 3.05) is 5.32 Å². The smallest absolute Gasteiger partial charge is 0.233 e. The average Bonchev–Trinajstić information content (AvgIpc) is 3.38. The molecule has 152 valence electrons. The minimum absolute atomic E-state index is 0.0240. The van der Waals surface area contributed by atoms with Crippen molar-refractivity contribution in [1.29, 1.82) is 0 Å². The molecule has 2 heterocycles. The molecule has 1 unspecified atom stereocenters. The van der Waals surface area contributed by atoms with Crippen LogP contribution in [0.15, 0.2) is 47.3 Å². The van der Waals surface area contributed by atoms with Crippen molar-refractivity contribution in [2.24, 2.45) is 0 Å². The maximum Gasteiger partial charge on any atom is 0.233 e. The van der Waals surface area contributed by atoms with E-state index in [1.165, 1.54) is 22.7 Å². The summed E-state index contributed by atoms with van der Waals surface area (Å²) in [6.07, 6.45) is 0.271. The molecule has 0 saturated heterocycles. The Kier molecular flexibility index (Phi) is 6.15. The predicted molar refractivity (Wildman–Crippen MR) is 123 cm³/mol. The molecule has 0 aliphatic heterocycles. The summed E-state index contributed by atoms with van der Waals surface area (Å²) in [6, 6.07) is 10.8. The van der Waals surface area contributed by atoms with E-state index in [1.807, 2.05) is 18.2 Å². The van der Waals surface area contributed by atoms with E-state index in [1.54, 1.807) is 36.0 Å². The first-order valence-electron chi connectivity index (χ1n) is 8.97. The highest BCUT2D eigenvalue weighted by atomic mass is 35.5. The van der Waals surface area contributed by atoms with Gasteiger partial charge in [-0.3, -0.25) is 9.59 Å². The van der Waals surface area contributed by atoms with Crippen LogP contribution < -0.4 is 5.32 Å². The zero-order valence-corrected chi connectivity index (χ0v) is 18.8. The molecule has 1 atom stereocenters. The van der Waals surface area contributed by atoms with E-state index in [0.717, 1.165) is 21.3 Å². The molecule has 4 aromatic rings. The van der Waals surface area contributed by atoms with E-state index >= 15 is 0 Å². The zero-order chi connectivity index (χ0) is 21.3. The molecule has 30 heavy (non-hydrogen) atoms. The maximum absolute atomic E-state index is 12.7. The summed E-state index contributed by atoms with van der Waals surface area (Å²) in [5.41, 5.74) is 4.54. The maximum atomic E-state index is 12.7. The van der Waals surface area contributed by atoms with Gasteiger partial charge >= 0.3 is 0 Å². The SMILES string of the molecule is CC(C(=O)Nc1nc2ccc(CC(=O)c3cscn3)cc2s1)c1ccc(Cl)c(Cl)c1. The Morgan fingerprint density at radius 2 is 1.97 bits per heavy atom. The van der Waals surface area contributed by atoms with E-state index in [9.17, 15) is 9.59 Å².